The van der Waals surface area contributed by atoms with Crippen molar-refractivity contribution >= 4 is 7.21 Å². The highest BCUT2D eigenvalue weighted by molar-refractivity contribution is 7.62. The van der Waals surface area contributed by atoms with Gasteiger partial charge in [-0.25, -0.2) is 0 Å². The molecule has 0 unspecified atom stereocenters. The second-order valence-corrected chi connectivity index (χ2v) is 7.73. The summed E-state index contributed by atoms with van der Waals surface area (Å²) in [7, 11) is 2.98. The fourth-order valence-corrected chi connectivity index (χ4v) is 1.73. The van der Waals surface area contributed by atoms with E-state index in [-0.39, 0.29) is 0 Å². The van der Waals surface area contributed by atoms with Gasteiger partial charge < -0.3 is 0 Å². The Bertz CT molecular complexity index is 324. The molecule has 0 aliphatic heterocycles. The highest BCUT2D eigenvalue weighted by atomic mass is 31.2. The van der Waals surface area contributed by atoms with E-state index in [1.165, 1.54) is 5.56 Å². The number of hydrogen-bond acceptors (Lipinski definition) is 1. The fourth-order valence-electron chi connectivity index (χ4n) is 0.965. The van der Waals surface area contributed by atoms with Gasteiger partial charge in [0.25, 0.3) is 0 Å². The maximum absolute atomic E-state index is 4.76. The van der Waals surface area contributed by atoms with E-state index in [0.29, 0.717) is 0 Å². The fraction of sp³-hybridized carbons (Fsp3) is 0.455. The summed E-state index contributed by atoms with van der Waals surface area (Å²) in [5.41, 5.74) is 1.29. The number of rotatable bonds is 3. The molecule has 0 aliphatic rings. The van der Waals surface area contributed by atoms with E-state index in [1.807, 2.05) is 6.07 Å². The first kappa shape index (κ1) is 11.5. The topological polar surface area (TPSA) is 15.6 Å². The molecular formula is C11H19N2P. The van der Waals surface area contributed by atoms with Gasteiger partial charge in [-0.3, -0.25) is 9.42 Å². The summed E-state index contributed by atoms with van der Waals surface area (Å²) in [4.78, 5) is 0. The SMILES string of the molecule is CN(C)P(C)(C)=NCc1ccccc1. The van der Waals surface area contributed by atoms with Crippen molar-refractivity contribution in [2.75, 3.05) is 27.4 Å². The van der Waals surface area contributed by atoms with E-state index in [0.717, 1.165) is 6.54 Å². The Morgan fingerprint density at radius 1 is 1.14 bits per heavy atom. The molecule has 0 spiro atoms. The molecule has 0 saturated heterocycles. The Kier molecular flexibility index (Phi) is 3.91. The van der Waals surface area contributed by atoms with Gasteiger partial charge in [0.05, 0.1) is 6.54 Å². The number of hydrogen-bond donors (Lipinski definition) is 0. The number of benzene rings is 1. The molecule has 0 heterocycles. The highest BCUT2D eigenvalue weighted by Crippen LogP contribution is 2.43. The molecule has 0 bridgehead atoms. The van der Waals surface area contributed by atoms with Crippen molar-refractivity contribution in [3.05, 3.63) is 35.9 Å². The molecule has 1 aromatic carbocycles. The van der Waals surface area contributed by atoms with Crippen molar-refractivity contribution < 1.29 is 0 Å². The first-order valence-electron chi connectivity index (χ1n) is 4.77. The zero-order valence-corrected chi connectivity index (χ0v) is 10.3. The Hall–Kier alpha value is -0.590. The Balaban J connectivity index is 2.73. The predicted molar refractivity (Wildman–Crippen MR) is 65.0 cm³/mol. The average molecular weight is 210 g/mol. The first-order chi connectivity index (χ1) is 6.52. The van der Waals surface area contributed by atoms with Gasteiger partial charge in [0.1, 0.15) is 0 Å². The van der Waals surface area contributed by atoms with Crippen LogP contribution in [0.4, 0.5) is 0 Å². The maximum Gasteiger partial charge on any atom is 0.0639 e. The minimum Gasteiger partial charge on any atom is -0.284 e. The summed E-state index contributed by atoms with van der Waals surface area (Å²) in [6, 6.07) is 10.4. The van der Waals surface area contributed by atoms with E-state index in [2.05, 4.69) is 56.4 Å². The van der Waals surface area contributed by atoms with Crippen LogP contribution in [0.5, 0.6) is 0 Å². The molecular weight excluding hydrogens is 191 g/mol. The lowest BCUT2D eigenvalue weighted by atomic mass is 10.2. The van der Waals surface area contributed by atoms with Crippen molar-refractivity contribution in [3.63, 3.8) is 0 Å². The summed E-state index contributed by atoms with van der Waals surface area (Å²) in [6.07, 6.45) is 0. The van der Waals surface area contributed by atoms with Crippen LogP contribution in [0, 0.1) is 0 Å². The van der Waals surface area contributed by atoms with Gasteiger partial charge in [-0.2, -0.15) is 0 Å². The van der Waals surface area contributed by atoms with Crippen LogP contribution in [0.25, 0.3) is 0 Å². The molecule has 1 rings (SSSR count). The summed E-state index contributed by atoms with van der Waals surface area (Å²) in [5, 5.41) is 0. The smallest absolute Gasteiger partial charge is 0.0639 e. The van der Waals surface area contributed by atoms with Crippen LogP contribution in [-0.2, 0) is 6.54 Å². The first-order valence-corrected chi connectivity index (χ1v) is 7.36. The van der Waals surface area contributed by atoms with Gasteiger partial charge in [0, 0.05) is 7.21 Å². The van der Waals surface area contributed by atoms with Gasteiger partial charge in [-0.05, 0) is 33.0 Å². The Morgan fingerprint density at radius 2 is 1.71 bits per heavy atom. The van der Waals surface area contributed by atoms with Crippen LogP contribution in [-0.4, -0.2) is 32.1 Å². The van der Waals surface area contributed by atoms with Crippen LogP contribution in [0.15, 0.2) is 35.1 Å². The second-order valence-electron chi connectivity index (χ2n) is 3.97. The average Bonchev–Trinajstić information content (AvgIpc) is 2.16. The molecule has 0 saturated carbocycles. The highest BCUT2D eigenvalue weighted by Gasteiger charge is 2.06. The molecule has 0 aliphatic carbocycles. The van der Waals surface area contributed by atoms with E-state index in [1.54, 1.807) is 0 Å². The third-order valence-electron chi connectivity index (χ3n) is 2.42. The van der Waals surface area contributed by atoms with Crippen LogP contribution in [0.3, 0.4) is 0 Å². The molecule has 0 amide bonds. The second kappa shape index (κ2) is 4.77. The minimum absolute atomic E-state index is 0.833. The zero-order valence-electron chi connectivity index (χ0n) is 9.44. The van der Waals surface area contributed by atoms with Crippen molar-refractivity contribution in [3.8, 4) is 0 Å². The largest absolute Gasteiger partial charge is 0.284 e. The monoisotopic (exact) mass is 210 g/mol. The van der Waals surface area contributed by atoms with Gasteiger partial charge in [0.15, 0.2) is 0 Å². The van der Waals surface area contributed by atoms with Gasteiger partial charge >= 0.3 is 0 Å². The van der Waals surface area contributed by atoms with Gasteiger partial charge in [-0.15, -0.1) is 0 Å². The molecule has 0 atom stereocenters. The molecule has 1 aromatic rings. The molecule has 14 heavy (non-hydrogen) atoms. The lowest BCUT2D eigenvalue weighted by Crippen LogP contribution is -2.06. The summed E-state index contributed by atoms with van der Waals surface area (Å²) in [5.74, 6) is 0. The van der Waals surface area contributed by atoms with Crippen LogP contribution in [0.1, 0.15) is 5.56 Å². The van der Waals surface area contributed by atoms with Crippen LogP contribution < -0.4 is 0 Å². The molecule has 0 N–H and O–H groups in total. The molecule has 2 nitrogen and oxygen atoms in total. The third kappa shape index (κ3) is 3.28. The summed E-state index contributed by atoms with van der Waals surface area (Å²) < 4.78 is 6.99. The van der Waals surface area contributed by atoms with Crippen molar-refractivity contribution in [1.29, 1.82) is 0 Å². The van der Waals surface area contributed by atoms with E-state index < -0.39 is 7.21 Å². The lowest BCUT2D eigenvalue weighted by molar-refractivity contribution is 0.671. The van der Waals surface area contributed by atoms with E-state index in [4.69, 9.17) is 4.74 Å². The standard InChI is InChI=1S/C11H19N2P/c1-13(2)14(3,4)12-10-11-8-6-5-7-9-11/h5-9H,10H2,1-4H3. The summed E-state index contributed by atoms with van der Waals surface area (Å²) >= 11 is 0. The lowest BCUT2D eigenvalue weighted by Gasteiger charge is -2.22. The zero-order chi connectivity index (χ0) is 10.6. The molecule has 3 heteroatoms. The van der Waals surface area contributed by atoms with Crippen molar-refractivity contribution in [2.45, 2.75) is 6.54 Å². The molecule has 0 fully saturated rings. The van der Waals surface area contributed by atoms with Gasteiger partial charge in [-0.1, -0.05) is 30.3 Å². The Labute approximate surface area is 87.1 Å². The van der Waals surface area contributed by atoms with E-state index in [9.17, 15) is 0 Å². The quantitative estimate of drug-likeness (QED) is 0.700. The van der Waals surface area contributed by atoms with Crippen molar-refractivity contribution in [2.24, 2.45) is 4.74 Å². The van der Waals surface area contributed by atoms with Crippen LogP contribution in [0.2, 0.25) is 0 Å². The van der Waals surface area contributed by atoms with Crippen LogP contribution >= 0.6 is 7.21 Å². The summed E-state index contributed by atoms with van der Waals surface area (Å²) in [6.45, 7) is 5.30. The molecule has 0 aromatic heterocycles. The third-order valence-corrected chi connectivity index (χ3v) is 5.21. The number of nitrogens with zero attached hydrogens (tertiary/aromatic N) is 2. The normalized spacial score (nSPS) is 11.8. The predicted octanol–water partition coefficient (Wildman–Crippen LogP) is 3.12. The van der Waals surface area contributed by atoms with Crippen molar-refractivity contribution in [1.82, 2.24) is 4.67 Å². The molecule has 0 radical (unpaired) electrons. The maximum atomic E-state index is 4.76. The minimum atomic E-state index is -1.22. The van der Waals surface area contributed by atoms with E-state index >= 15 is 0 Å². The Morgan fingerprint density at radius 3 is 2.21 bits per heavy atom. The van der Waals surface area contributed by atoms with Gasteiger partial charge in [0.2, 0.25) is 0 Å². The molecule has 78 valence electrons.